The third-order valence-corrected chi connectivity index (χ3v) is 7.23. The number of nitrogens with zero attached hydrogens (tertiary/aromatic N) is 1. The molecule has 2 aliphatic carbocycles. The number of nitrogens with one attached hydrogen (secondary N) is 3. The minimum Gasteiger partial charge on any atom is -0.439 e. The van der Waals surface area contributed by atoms with Gasteiger partial charge < -0.3 is 25.5 Å². The Labute approximate surface area is 174 Å². The van der Waals surface area contributed by atoms with Crippen molar-refractivity contribution in [2.75, 3.05) is 11.9 Å². The van der Waals surface area contributed by atoms with Crippen molar-refractivity contribution in [2.24, 2.45) is 0 Å². The quantitative estimate of drug-likeness (QED) is 0.597. The molecule has 1 aliphatic heterocycles. The zero-order valence-corrected chi connectivity index (χ0v) is 17.2. The summed E-state index contributed by atoms with van der Waals surface area (Å²) >= 11 is 6.55. The summed E-state index contributed by atoms with van der Waals surface area (Å²) in [5.41, 5.74) is 2.27. The highest BCUT2D eigenvalue weighted by Gasteiger charge is 2.44. The van der Waals surface area contributed by atoms with Gasteiger partial charge in [-0.2, -0.15) is 0 Å². The van der Waals surface area contributed by atoms with Gasteiger partial charge in [-0.15, -0.1) is 0 Å². The molecule has 5 rings (SSSR count). The number of anilines is 1. The minimum atomic E-state index is -0.457. The van der Waals surface area contributed by atoms with Crippen molar-refractivity contribution in [1.82, 2.24) is 15.6 Å². The number of benzene rings is 1. The highest BCUT2D eigenvalue weighted by Crippen LogP contribution is 2.48. The Morgan fingerprint density at radius 3 is 2.62 bits per heavy atom. The molecule has 2 fully saturated rings. The van der Waals surface area contributed by atoms with Crippen molar-refractivity contribution in [1.29, 1.82) is 0 Å². The van der Waals surface area contributed by atoms with E-state index in [-0.39, 0.29) is 18.2 Å². The van der Waals surface area contributed by atoms with Crippen LogP contribution in [0.5, 0.6) is 0 Å². The first-order chi connectivity index (χ1) is 14.0. The molecule has 1 aromatic heterocycles. The molecule has 0 radical (unpaired) electrons. The van der Waals surface area contributed by atoms with Gasteiger partial charge in [0.05, 0.1) is 29.4 Å². The van der Waals surface area contributed by atoms with Crippen molar-refractivity contribution in [3.8, 4) is 0 Å². The van der Waals surface area contributed by atoms with Crippen LogP contribution in [0.3, 0.4) is 0 Å². The molecule has 1 spiro atoms. The lowest BCUT2D eigenvalue weighted by Crippen LogP contribution is -2.52. The Morgan fingerprint density at radius 2 is 1.90 bits per heavy atom. The monoisotopic (exact) mass is 418 g/mol. The average molecular weight is 419 g/mol. The Kier molecular flexibility index (Phi) is 4.72. The van der Waals surface area contributed by atoms with E-state index >= 15 is 0 Å². The maximum absolute atomic E-state index is 12.3. The van der Waals surface area contributed by atoms with Crippen molar-refractivity contribution < 1.29 is 14.3 Å². The molecule has 0 unspecified atom stereocenters. The second-order valence-corrected chi connectivity index (χ2v) is 9.19. The lowest BCUT2D eigenvalue weighted by Gasteiger charge is -2.42. The maximum atomic E-state index is 12.3. The van der Waals surface area contributed by atoms with Crippen LogP contribution < -0.4 is 16.0 Å². The fourth-order valence-corrected chi connectivity index (χ4v) is 5.64. The summed E-state index contributed by atoms with van der Waals surface area (Å²) in [7, 11) is 0. The summed E-state index contributed by atoms with van der Waals surface area (Å²) in [6.45, 7) is 0.571. The van der Waals surface area contributed by atoms with Crippen molar-refractivity contribution in [3.63, 3.8) is 0 Å². The predicted molar refractivity (Wildman–Crippen MR) is 111 cm³/mol. The standard InChI is InChI=1S/C21H27ClN4O3/c22-13-10-14-18(29-15(24-14)11-23-20(12-27)6-4-5-7-20)16-17(13)25-19(28)26-21(16)8-2-1-3-9-21/h10,23,27H,1-9,11-12H2,(H2,25,26,28). The summed E-state index contributed by atoms with van der Waals surface area (Å²) in [4.78, 5) is 17.0. The smallest absolute Gasteiger partial charge is 0.319 e. The van der Waals surface area contributed by atoms with Gasteiger partial charge in [-0.1, -0.05) is 43.7 Å². The van der Waals surface area contributed by atoms with Crippen LogP contribution >= 0.6 is 11.6 Å². The summed E-state index contributed by atoms with van der Waals surface area (Å²) in [5, 5.41) is 19.8. The zero-order chi connectivity index (χ0) is 20.1. The van der Waals surface area contributed by atoms with Gasteiger partial charge in [-0.05, 0) is 31.7 Å². The molecule has 7 nitrogen and oxygen atoms in total. The normalized spacial score (nSPS) is 22.5. The Hall–Kier alpha value is -1.83. The van der Waals surface area contributed by atoms with E-state index in [1.165, 1.54) is 6.42 Å². The van der Waals surface area contributed by atoms with E-state index < -0.39 is 5.54 Å². The first kappa shape index (κ1) is 19.2. The van der Waals surface area contributed by atoms with Gasteiger partial charge in [0, 0.05) is 11.1 Å². The number of aromatic nitrogens is 1. The number of halogens is 1. The number of amides is 2. The Morgan fingerprint density at radius 1 is 1.17 bits per heavy atom. The molecule has 29 heavy (non-hydrogen) atoms. The zero-order valence-electron chi connectivity index (χ0n) is 16.4. The van der Waals surface area contributed by atoms with Crippen LogP contribution in [-0.4, -0.2) is 28.3 Å². The minimum absolute atomic E-state index is 0.119. The van der Waals surface area contributed by atoms with Crippen molar-refractivity contribution in [3.05, 3.63) is 22.5 Å². The molecule has 0 bridgehead atoms. The van der Waals surface area contributed by atoms with Crippen LogP contribution in [0.25, 0.3) is 11.1 Å². The van der Waals surface area contributed by atoms with E-state index in [1.807, 2.05) is 0 Å². The third-order valence-electron chi connectivity index (χ3n) is 6.93. The van der Waals surface area contributed by atoms with Crippen LogP contribution in [0.2, 0.25) is 5.02 Å². The third kappa shape index (κ3) is 3.20. The molecule has 2 saturated carbocycles. The van der Waals surface area contributed by atoms with E-state index in [0.29, 0.717) is 34.2 Å². The van der Waals surface area contributed by atoms with Gasteiger partial charge in [0.25, 0.3) is 0 Å². The number of hydrogen-bond donors (Lipinski definition) is 4. The Bertz CT molecular complexity index is 945. The lowest BCUT2D eigenvalue weighted by atomic mass is 9.74. The first-order valence-electron chi connectivity index (χ1n) is 10.6. The van der Waals surface area contributed by atoms with Crippen molar-refractivity contribution >= 4 is 34.4 Å². The number of fused-ring (bicyclic) bond motifs is 4. The van der Waals surface area contributed by atoms with E-state index in [2.05, 4.69) is 20.9 Å². The number of oxazole rings is 1. The molecule has 0 saturated heterocycles. The summed E-state index contributed by atoms with van der Waals surface area (Å²) in [6, 6.07) is 1.55. The van der Waals surface area contributed by atoms with Crippen LogP contribution in [0.15, 0.2) is 10.5 Å². The van der Waals surface area contributed by atoms with E-state index in [1.54, 1.807) is 6.07 Å². The number of rotatable bonds is 4. The average Bonchev–Trinajstić information content (AvgIpc) is 3.34. The van der Waals surface area contributed by atoms with Crippen LogP contribution in [0.1, 0.15) is 69.2 Å². The fraction of sp³-hybridized carbons (Fsp3) is 0.619. The number of urea groups is 1. The second-order valence-electron chi connectivity index (χ2n) is 8.79. The van der Waals surface area contributed by atoms with Crippen molar-refractivity contribution in [2.45, 2.75) is 75.4 Å². The first-order valence-corrected chi connectivity index (χ1v) is 11.0. The molecular formula is C21H27ClN4O3. The molecule has 2 heterocycles. The van der Waals surface area contributed by atoms with E-state index in [9.17, 15) is 9.90 Å². The Balaban J connectivity index is 1.54. The fourth-order valence-electron chi connectivity index (χ4n) is 5.40. The van der Waals surface area contributed by atoms with Gasteiger partial charge in [0.1, 0.15) is 5.52 Å². The highest BCUT2D eigenvalue weighted by atomic mass is 35.5. The molecule has 156 valence electrons. The molecule has 1 aromatic carbocycles. The summed E-state index contributed by atoms with van der Waals surface area (Å²) in [6.07, 6.45) is 9.17. The van der Waals surface area contributed by atoms with Gasteiger partial charge in [0.15, 0.2) is 5.58 Å². The molecule has 3 aliphatic rings. The van der Waals surface area contributed by atoms with Gasteiger partial charge in [-0.25, -0.2) is 9.78 Å². The molecule has 4 N–H and O–H groups in total. The molecule has 2 amide bonds. The SMILES string of the molecule is O=C1Nc2c(Cl)cc3nc(CNC4(CO)CCCC4)oc3c2C2(CCCCC2)N1. The van der Waals surface area contributed by atoms with E-state index in [4.69, 9.17) is 16.0 Å². The maximum Gasteiger partial charge on any atom is 0.319 e. The van der Waals surface area contributed by atoms with E-state index in [0.717, 1.165) is 56.9 Å². The lowest BCUT2D eigenvalue weighted by molar-refractivity contribution is 0.160. The number of aliphatic hydroxyl groups excluding tert-OH is 1. The van der Waals surface area contributed by atoms with Crippen LogP contribution in [0.4, 0.5) is 10.5 Å². The summed E-state index contributed by atoms with van der Waals surface area (Å²) in [5.74, 6) is 0.576. The van der Waals surface area contributed by atoms with Gasteiger partial charge in [-0.3, -0.25) is 0 Å². The van der Waals surface area contributed by atoms with Gasteiger partial charge in [0.2, 0.25) is 5.89 Å². The molecule has 8 heteroatoms. The number of aliphatic hydroxyl groups is 1. The van der Waals surface area contributed by atoms with Crippen LogP contribution in [-0.2, 0) is 12.1 Å². The van der Waals surface area contributed by atoms with Gasteiger partial charge >= 0.3 is 6.03 Å². The number of carbonyl (C=O) groups is 1. The largest absolute Gasteiger partial charge is 0.439 e. The summed E-state index contributed by atoms with van der Waals surface area (Å²) < 4.78 is 6.23. The van der Waals surface area contributed by atoms with Crippen LogP contribution in [0, 0.1) is 0 Å². The topological polar surface area (TPSA) is 99.4 Å². The predicted octanol–water partition coefficient (Wildman–Crippen LogP) is 4.17. The highest BCUT2D eigenvalue weighted by molar-refractivity contribution is 6.35. The molecule has 2 aromatic rings. The molecule has 0 atom stereocenters. The number of carbonyl (C=O) groups excluding carboxylic acids is 1. The number of hydrogen-bond acceptors (Lipinski definition) is 5. The molecular weight excluding hydrogens is 392 g/mol. The second kappa shape index (κ2) is 7.15.